The van der Waals surface area contributed by atoms with Crippen LogP contribution in [0.25, 0.3) is 0 Å². The number of hydrogen-bond donors (Lipinski definition) is 2. The van der Waals surface area contributed by atoms with Gasteiger partial charge in [-0.2, -0.15) is 0 Å². The van der Waals surface area contributed by atoms with Crippen LogP contribution in [0, 0.1) is 5.92 Å². The zero-order chi connectivity index (χ0) is 21.7. The first kappa shape index (κ1) is 21.8. The van der Waals surface area contributed by atoms with Gasteiger partial charge in [0.05, 0.1) is 11.0 Å². The van der Waals surface area contributed by atoms with Crippen molar-refractivity contribution in [2.24, 2.45) is 5.92 Å². The third kappa shape index (κ3) is 5.64. The number of rotatable bonds is 8. The first-order chi connectivity index (χ1) is 15.0. The van der Waals surface area contributed by atoms with Crippen molar-refractivity contribution in [2.45, 2.75) is 30.3 Å². The maximum atomic E-state index is 12.6. The normalized spacial score (nSPS) is 21.4. The Bertz CT molecular complexity index is 991. The highest BCUT2D eigenvalue weighted by Crippen LogP contribution is 2.23. The molecule has 4 rings (SSSR count). The summed E-state index contributed by atoms with van der Waals surface area (Å²) in [6.45, 7) is 3.35. The molecule has 1 amide bonds. The van der Waals surface area contributed by atoms with E-state index in [1.165, 1.54) is 17.8 Å². The van der Waals surface area contributed by atoms with Gasteiger partial charge in [0.15, 0.2) is 0 Å². The number of ether oxygens (including phenoxy) is 1. The van der Waals surface area contributed by atoms with Crippen molar-refractivity contribution >= 4 is 21.6 Å². The zero-order valence-corrected chi connectivity index (χ0v) is 18.3. The van der Waals surface area contributed by atoms with E-state index in [2.05, 4.69) is 27.1 Å². The summed E-state index contributed by atoms with van der Waals surface area (Å²) in [5.74, 6) is 0.110. The van der Waals surface area contributed by atoms with Crippen molar-refractivity contribution < 1.29 is 17.9 Å². The van der Waals surface area contributed by atoms with Crippen LogP contribution in [0.4, 0.5) is 5.69 Å². The Morgan fingerprint density at radius 3 is 2.68 bits per heavy atom. The first-order valence-electron chi connectivity index (χ1n) is 10.8. The summed E-state index contributed by atoms with van der Waals surface area (Å²) in [7, 11) is -3.69. The summed E-state index contributed by atoms with van der Waals surface area (Å²) in [6.07, 6.45) is 2.74. The molecule has 2 aliphatic heterocycles. The van der Waals surface area contributed by atoms with E-state index >= 15 is 0 Å². The van der Waals surface area contributed by atoms with Gasteiger partial charge in [0, 0.05) is 44.0 Å². The van der Waals surface area contributed by atoms with E-state index in [9.17, 15) is 13.2 Å². The van der Waals surface area contributed by atoms with Crippen LogP contribution in [0.15, 0.2) is 59.5 Å². The molecule has 7 nitrogen and oxygen atoms in total. The van der Waals surface area contributed by atoms with Gasteiger partial charge < -0.3 is 15.0 Å². The van der Waals surface area contributed by atoms with Crippen molar-refractivity contribution in [3.63, 3.8) is 0 Å². The number of carbonyl (C=O) groups is 1. The minimum absolute atomic E-state index is 0.0804. The molecule has 8 heteroatoms. The minimum Gasteiger partial charge on any atom is -0.377 e. The molecule has 0 saturated carbocycles. The Morgan fingerprint density at radius 2 is 1.90 bits per heavy atom. The van der Waals surface area contributed by atoms with Crippen LogP contribution in [0.3, 0.4) is 0 Å². The average molecular weight is 444 g/mol. The van der Waals surface area contributed by atoms with Gasteiger partial charge in [0.25, 0.3) is 5.91 Å². The van der Waals surface area contributed by atoms with Crippen LogP contribution in [-0.4, -0.2) is 53.2 Å². The Labute approximate surface area is 183 Å². The van der Waals surface area contributed by atoms with Crippen LogP contribution in [0.5, 0.6) is 0 Å². The number of hydrogen-bond acceptors (Lipinski definition) is 5. The molecule has 2 saturated heterocycles. The Kier molecular flexibility index (Phi) is 6.89. The van der Waals surface area contributed by atoms with Gasteiger partial charge in [-0.25, -0.2) is 13.1 Å². The standard InChI is InChI=1S/C23H29N3O4S/c27-23(24-15-18-11-12-26(17-18)20-7-2-1-3-8-20)19-6-4-10-22(14-19)31(28,29)25-16-21-9-5-13-30-21/h1-4,6-8,10,14,18,21,25H,5,9,11-13,15-17H2,(H,24,27). The van der Waals surface area contributed by atoms with Gasteiger partial charge in [-0.15, -0.1) is 0 Å². The molecule has 2 aromatic rings. The monoisotopic (exact) mass is 443 g/mol. The van der Waals surface area contributed by atoms with Crippen molar-refractivity contribution in [1.29, 1.82) is 0 Å². The quantitative estimate of drug-likeness (QED) is 0.654. The highest BCUT2D eigenvalue weighted by molar-refractivity contribution is 7.89. The molecule has 2 heterocycles. The molecule has 2 fully saturated rings. The molecule has 0 spiro atoms. The SMILES string of the molecule is O=C(NCC1CCN(c2ccccc2)C1)c1cccc(S(=O)(=O)NCC2CCCO2)c1. The van der Waals surface area contributed by atoms with Crippen LogP contribution in [0.2, 0.25) is 0 Å². The maximum absolute atomic E-state index is 12.6. The van der Waals surface area contributed by atoms with E-state index in [4.69, 9.17) is 4.74 Å². The number of anilines is 1. The van der Waals surface area contributed by atoms with E-state index < -0.39 is 10.0 Å². The van der Waals surface area contributed by atoms with Crippen molar-refractivity contribution in [1.82, 2.24) is 10.0 Å². The minimum atomic E-state index is -3.69. The molecule has 2 aromatic carbocycles. The van der Waals surface area contributed by atoms with Crippen molar-refractivity contribution in [3.8, 4) is 0 Å². The number of amides is 1. The van der Waals surface area contributed by atoms with Gasteiger partial charge in [0.1, 0.15) is 0 Å². The lowest BCUT2D eigenvalue weighted by Gasteiger charge is -2.18. The summed E-state index contributed by atoms with van der Waals surface area (Å²) in [6, 6.07) is 16.4. The summed E-state index contributed by atoms with van der Waals surface area (Å²) in [5, 5.41) is 2.97. The van der Waals surface area contributed by atoms with E-state index in [1.54, 1.807) is 12.1 Å². The molecule has 166 valence electrons. The second kappa shape index (κ2) is 9.80. The first-order valence-corrected chi connectivity index (χ1v) is 12.3. The molecule has 0 radical (unpaired) electrons. The second-order valence-corrected chi connectivity index (χ2v) is 9.93. The van der Waals surface area contributed by atoms with Gasteiger partial charge in [-0.3, -0.25) is 4.79 Å². The van der Waals surface area contributed by atoms with Crippen LogP contribution < -0.4 is 14.9 Å². The third-order valence-corrected chi connectivity index (χ3v) is 7.31. The van der Waals surface area contributed by atoms with Gasteiger partial charge in [-0.05, 0) is 55.5 Å². The summed E-state index contributed by atoms with van der Waals surface area (Å²) in [4.78, 5) is 15.1. The van der Waals surface area contributed by atoms with Gasteiger partial charge in [0.2, 0.25) is 10.0 Å². The molecule has 2 aliphatic rings. The van der Waals surface area contributed by atoms with Gasteiger partial charge >= 0.3 is 0 Å². The molecule has 0 bridgehead atoms. The number of carbonyl (C=O) groups excluding carboxylic acids is 1. The lowest BCUT2D eigenvalue weighted by molar-refractivity contribution is 0.0948. The highest BCUT2D eigenvalue weighted by atomic mass is 32.2. The van der Waals surface area contributed by atoms with Crippen LogP contribution >= 0.6 is 0 Å². The van der Waals surface area contributed by atoms with Crippen molar-refractivity contribution in [2.75, 3.05) is 37.7 Å². The number of para-hydroxylation sites is 1. The molecule has 31 heavy (non-hydrogen) atoms. The maximum Gasteiger partial charge on any atom is 0.251 e. The Morgan fingerprint density at radius 1 is 1.06 bits per heavy atom. The van der Waals surface area contributed by atoms with E-state index in [0.29, 0.717) is 24.6 Å². The topological polar surface area (TPSA) is 87.7 Å². The fourth-order valence-electron chi connectivity index (χ4n) is 4.11. The Hall–Kier alpha value is -2.42. The molecule has 2 unspecified atom stereocenters. The van der Waals surface area contributed by atoms with E-state index in [-0.39, 0.29) is 23.5 Å². The van der Waals surface area contributed by atoms with Crippen LogP contribution in [-0.2, 0) is 14.8 Å². The number of sulfonamides is 1. The largest absolute Gasteiger partial charge is 0.377 e. The summed E-state index contributed by atoms with van der Waals surface area (Å²) < 4.78 is 33.3. The van der Waals surface area contributed by atoms with Crippen LogP contribution in [0.1, 0.15) is 29.6 Å². The lowest BCUT2D eigenvalue weighted by Crippen LogP contribution is -2.32. The fourth-order valence-corrected chi connectivity index (χ4v) is 5.22. The highest BCUT2D eigenvalue weighted by Gasteiger charge is 2.24. The molecule has 0 aromatic heterocycles. The summed E-state index contributed by atoms with van der Waals surface area (Å²) in [5.41, 5.74) is 1.54. The van der Waals surface area contributed by atoms with E-state index in [1.807, 2.05) is 18.2 Å². The van der Waals surface area contributed by atoms with Gasteiger partial charge in [-0.1, -0.05) is 24.3 Å². The molecule has 2 N–H and O–H groups in total. The Balaban J connectivity index is 1.31. The molecular weight excluding hydrogens is 414 g/mol. The average Bonchev–Trinajstić information content (AvgIpc) is 3.49. The predicted molar refractivity (Wildman–Crippen MR) is 120 cm³/mol. The second-order valence-electron chi connectivity index (χ2n) is 8.16. The zero-order valence-electron chi connectivity index (χ0n) is 17.5. The van der Waals surface area contributed by atoms with E-state index in [0.717, 1.165) is 32.4 Å². The number of nitrogens with zero attached hydrogens (tertiary/aromatic N) is 1. The predicted octanol–water partition coefficient (Wildman–Crippen LogP) is 2.40. The summed E-state index contributed by atoms with van der Waals surface area (Å²) >= 11 is 0. The molecule has 0 aliphatic carbocycles. The number of nitrogens with one attached hydrogen (secondary N) is 2. The number of benzene rings is 2. The lowest BCUT2D eigenvalue weighted by atomic mass is 10.1. The van der Waals surface area contributed by atoms with Crippen molar-refractivity contribution in [3.05, 3.63) is 60.2 Å². The third-order valence-electron chi connectivity index (χ3n) is 5.89. The smallest absolute Gasteiger partial charge is 0.251 e. The molecular formula is C23H29N3O4S. The fraction of sp³-hybridized carbons (Fsp3) is 0.435. The molecule has 2 atom stereocenters.